The second kappa shape index (κ2) is 15.4. The first-order chi connectivity index (χ1) is 8.81. The maximum absolute atomic E-state index is 10.9. The van der Waals surface area contributed by atoms with Gasteiger partial charge in [-0.05, 0) is 6.42 Å². The summed E-state index contributed by atoms with van der Waals surface area (Å²) in [5.41, 5.74) is 0. The summed E-state index contributed by atoms with van der Waals surface area (Å²) < 4.78 is 20.5. The number of unbranched alkanes of at least 4 members (excludes halogenated alkanes) is 9. The van der Waals surface area contributed by atoms with Crippen LogP contribution < -0.4 is 0 Å². The van der Waals surface area contributed by atoms with Crippen molar-refractivity contribution in [1.29, 1.82) is 0 Å². The minimum Gasteiger partial charge on any atom is -0.119 e. The van der Waals surface area contributed by atoms with Crippen LogP contribution in [0.5, 0.6) is 0 Å². The summed E-state index contributed by atoms with van der Waals surface area (Å²) >= 11 is 5.25. The van der Waals surface area contributed by atoms with Crippen LogP contribution in [0.15, 0.2) is 0 Å². The van der Waals surface area contributed by atoms with Crippen LogP contribution in [0.25, 0.3) is 0 Å². The number of rotatable bonds is 14. The fourth-order valence-electron chi connectivity index (χ4n) is 1.81. The van der Waals surface area contributed by atoms with E-state index >= 15 is 0 Å². The quantitative estimate of drug-likeness (QED) is 0.231. The largest absolute Gasteiger partial charge is 0.698 e. The van der Waals surface area contributed by atoms with Gasteiger partial charge in [0.25, 0.3) is 0 Å². The third-order valence-electron chi connectivity index (χ3n) is 2.85. The molecule has 0 aromatic rings. The molecule has 1 unspecified atom stereocenters. The van der Waals surface area contributed by atoms with Gasteiger partial charge in [0, 0.05) is 4.57 Å². The van der Waals surface area contributed by atoms with Crippen LogP contribution in [0.3, 0.4) is 0 Å². The average Bonchev–Trinajstić information content (AvgIpc) is 2.36. The van der Waals surface area contributed by atoms with Crippen molar-refractivity contribution in [1.82, 2.24) is 0 Å². The fraction of sp³-hybridized carbons (Fsp3) is 1.00. The van der Waals surface area contributed by atoms with Crippen molar-refractivity contribution < 1.29 is 13.6 Å². The molecule has 0 bridgehead atoms. The van der Waals surface area contributed by atoms with Crippen LogP contribution in [0.4, 0.5) is 0 Å². The first-order valence-electron chi connectivity index (χ1n) is 7.10. The molecule has 0 aromatic carbocycles. The van der Waals surface area contributed by atoms with Gasteiger partial charge < -0.3 is 0 Å². The molecule has 0 spiro atoms. The molecular formula is C13H27ClO3P+. The number of halogens is 1. The van der Waals surface area contributed by atoms with Crippen molar-refractivity contribution >= 4 is 19.9 Å². The Hall–Kier alpha value is 0.310. The molecule has 0 aromatic heterocycles. The highest BCUT2D eigenvalue weighted by molar-refractivity contribution is 7.33. The van der Waals surface area contributed by atoms with E-state index in [-0.39, 0.29) is 6.07 Å². The van der Waals surface area contributed by atoms with Crippen LogP contribution in [0, 0.1) is 0 Å². The molecule has 5 heteroatoms. The van der Waals surface area contributed by atoms with Crippen molar-refractivity contribution in [3.63, 3.8) is 0 Å². The Labute approximate surface area is 118 Å². The highest BCUT2D eigenvalue weighted by Gasteiger charge is 2.18. The summed E-state index contributed by atoms with van der Waals surface area (Å²) in [6.45, 7) is 2.75. The van der Waals surface area contributed by atoms with Crippen molar-refractivity contribution in [2.24, 2.45) is 0 Å². The molecule has 0 rings (SSSR count). The minimum atomic E-state index is -2.00. The molecule has 0 fully saturated rings. The monoisotopic (exact) mass is 297 g/mol. The summed E-state index contributed by atoms with van der Waals surface area (Å²) in [5.74, 6) is 0. The number of hydrogen-bond acceptors (Lipinski definition) is 3. The van der Waals surface area contributed by atoms with Gasteiger partial charge in [-0.1, -0.05) is 76.3 Å². The Morgan fingerprint density at radius 1 is 0.833 bits per heavy atom. The van der Waals surface area contributed by atoms with Crippen molar-refractivity contribution in [3.05, 3.63) is 0 Å². The van der Waals surface area contributed by atoms with E-state index in [1.54, 1.807) is 0 Å². The molecular weight excluding hydrogens is 271 g/mol. The van der Waals surface area contributed by atoms with Crippen molar-refractivity contribution in [2.75, 3.05) is 12.7 Å². The fourth-order valence-corrected chi connectivity index (χ4v) is 2.48. The Bertz CT molecular complexity index is 191. The van der Waals surface area contributed by atoms with E-state index in [2.05, 4.69) is 11.4 Å². The third kappa shape index (κ3) is 14.4. The smallest absolute Gasteiger partial charge is 0.119 e. The third-order valence-corrected chi connectivity index (χ3v) is 3.84. The van der Waals surface area contributed by atoms with Gasteiger partial charge in [0.1, 0.15) is 6.61 Å². The molecule has 0 amide bonds. The lowest BCUT2D eigenvalue weighted by atomic mass is 10.1. The summed E-state index contributed by atoms with van der Waals surface area (Å²) in [7, 11) is -2.00. The number of hydrogen-bond donors (Lipinski definition) is 0. The summed E-state index contributed by atoms with van der Waals surface area (Å²) in [6, 6.07) is -0.0762. The predicted octanol–water partition coefficient (Wildman–Crippen LogP) is 5.79. The zero-order valence-electron chi connectivity index (χ0n) is 11.5. The predicted molar refractivity (Wildman–Crippen MR) is 77.2 cm³/mol. The average molecular weight is 298 g/mol. The van der Waals surface area contributed by atoms with Gasteiger partial charge in [-0.15, -0.1) is 9.05 Å². The summed E-state index contributed by atoms with van der Waals surface area (Å²) in [5, 5.41) is 0. The van der Waals surface area contributed by atoms with Gasteiger partial charge in [0.05, 0.1) is 0 Å². The lowest BCUT2D eigenvalue weighted by molar-refractivity contribution is 0.243. The molecule has 0 heterocycles. The Morgan fingerprint density at radius 2 is 1.33 bits per heavy atom. The van der Waals surface area contributed by atoms with Crippen LogP contribution in [-0.4, -0.2) is 12.7 Å². The van der Waals surface area contributed by atoms with E-state index in [1.165, 1.54) is 51.4 Å². The highest BCUT2D eigenvalue weighted by atomic mass is 35.5. The van der Waals surface area contributed by atoms with Gasteiger partial charge in [-0.3, -0.25) is 0 Å². The Kier molecular flexibility index (Phi) is 15.6. The van der Waals surface area contributed by atoms with Crippen molar-refractivity contribution in [3.8, 4) is 0 Å². The van der Waals surface area contributed by atoms with Crippen molar-refractivity contribution in [2.45, 2.75) is 71.1 Å². The van der Waals surface area contributed by atoms with E-state index in [0.717, 1.165) is 12.8 Å². The van der Waals surface area contributed by atoms with Gasteiger partial charge in [0.15, 0.2) is 6.07 Å². The summed E-state index contributed by atoms with van der Waals surface area (Å²) in [6.07, 6.45) is 12.8. The molecule has 0 saturated carbocycles. The standard InChI is InChI=1S/C13H27ClO3P/c1-2-3-4-5-6-7-8-9-10-11-12-16-18(15)17-13-14/h2-13H2,1H3/q+1. The molecule has 0 aliphatic heterocycles. The normalized spacial score (nSPS) is 11.8. The Morgan fingerprint density at radius 3 is 1.83 bits per heavy atom. The number of alkyl halides is 1. The van der Waals surface area contributed by atoms with E-state index in [0.29, 0.717) is 6.61 Å². The molecule has 108 valence electrons. The molecule has 0 aliphatic rings. The minimum absolute atomic E-state index is 0.0762. The first-order valence-corrected chi connectivity index (χ1v) is 8.73. The molecule has 18 heavy (non-hydrogen) atoms. The molecule has 0 aliphatic carbocycles. The molecule has 3 nitrogen and oxygen atoms in total. The maximum atomic E-state index is 10.9. The second-order valence-electron chi connectivity index (χ2n) is 4.48. The lowest BCUT2D eigenvalue weighted by Gasteiger charge is -2.00. The highest BCUT2D eigenvalue weighted by Crippen LogP contribution is 2.24. The first kappa shape index (κ1) is 18.3. The van der Waals surface area contributed by atoms with Gasteiger partial charge in [-0.25, -0.2) is 0 Å². The van der Waals surface area contributed by atoms with Crippen LogP contribution >= 0.6 is 19.9 Å². The summed E-state index contributed by atoms with van der Waals surface area (Å²) in [4.78, 5) is 0. The maximum Gasteiger partial charge on any atom is 0.698 e. The lowest BCUT2D eigenvalue weighted by Crippen LogP contribution is -1.89. The van der Waals surface area contributed by atoms with Gasteiger partial charge in [0.2, 0.25) is 0 Å². The van der Waals surface area contributed by atoms with E-state index in [1.807, 2.05) is 0 Å². The molecule has 1 atom stereocenters. The Balaban J connectivity index is 3.01. The molecule has 0 saturated heterocycles. The SMILES string of the molecule is CCCCCCCCCCCCO[P+](=O)OCCl. The zero-order valence-corrected chi connectivity index (χ0v) is 13.2. The topological polar surface area (TPSA) is 35.5 Å². The van der Waals surface area contributed by atoms with Crippen LogP contribution in [-0.2, 0) is 13.6 Å². The van der Waals surface area contributed by atoms with E-state index < -0.39 is 8.25 Å². The van der Waals surface area contributed by atoms with Gasteiger partial charge >= 0.3 is 8.25 Å². The van der Waals surface area contributed by atoms with E-state index in [4.69, 9.17) is 16.1 Å². The molecule has 0 radical (unpaired) electrons. The van der Waals surface area contributed by atoms with E-state index in [9.17, 15) is 4.57 Å². The van der Waals surface area contributed by atoms with Crippen LogP contribution in [0.2, 0.25) is 0 Å². The zero-order chi connectivity index (χ0) is 13.5. The van der Waals surface area contributed by atoms with Gasteiger partial charge in [-0.2, -0.15) is 0 Å². The second-order valence-corrected chi connectivity index (χ2v) is 5.66. The van der Waals surface area contributed by atoms with Crippen LogP contribution in [0.1, 0.15) is 71.1 Å². The molecule has 0 N–H and O–H groups in total.